The molecule has 0 unspecified atom stereocenters. The van der Waals surface area contributed by atoms with Crippen LogP contribution in [0.5, 0.6) is 11.5 Å². The van der Waals surface area contributed by atoms with Crippen molar-refractivity contribution >= 4 is 11.0 Å². The number of aromatic hydroxyl groups is 1. The maximum atomic E-state index is 12.4. The van der Waals surface area contributed by atoms with Gasteiger partial charge in [-0.2, -0.15) is 0 Å². The van der Waals surface area contributed by atoms with E-state index < -0.39 is 0 Å². The summed E-state index contributed by atoms with van der Waals surface area (Å²) in [4.78, 5) is 12.4. The number of fused-ring (bicyclic) bond motifs is 1. The normalized spacial score (nSPS) is 13.6. The zero-order valence-electron chi connectivity index (χ0n) is 14.1. The topological polar surface area (TPSA) is 59.7 Å². The quantitative estimate of drug-likeness (QED) is 0.736. The SMILES string of the molecule is O=c1cc(-c2ccccc2)oc2cc(OCC3=CCCC=C3)cc(O)c12. The Bertz CT molecular complexity index is 1060. The number of hydrogen-bond acceptors (Lipinski definition) is 4. The van der Waals surface area contributed by atoms with E-state index in [2.05, 4.69) is 12.2 Å². The van der Waals surface area contributed by atoms with Gasteiger partial charge in [0.15, 0.2) is 5.43 Å². The Morgan fingerprint density at radius 3 is 2.69 bits per heavy atom. The summed E-state index contributed by atoms with van der Waals surface area (Å²) in [6, 6.07) is 13.9. The van der Waals surface area contributed by atoms with Gasteiger partial charge in [-0.05, 0) is 18.4 Å². The molecule has 0 atom stereocenters. The summed E-state index contributed by atoms with van der Waals surface area (Å²) in [5, 5.41) is 10.4. The van der Waals surface area contributed by atoms with E-state index in [4.69, 9.17) is 9.15 Å². The highest BCUT2D eigenvalue weighted by atomic mass is 16.5. The molecule has 0 spiro atoms. The maximum Gasteiger partial charge on any atom is 0.197 e. The highest BCUT2D eigenvalue weighted by Gasteiger charge is 2.13. The first kappa shape index (κ1) is 16.2. The van der Waals surface area contributed by atoms with Crippen molar-refractivity contribution in [3.63, 3.8) is 0 Å². The third kappa shape index (κ3) is 3.26. The third-order valence-corrected chi connectivity index (χ3v) is 4.32. The van der Waals surface area contributed by atoms with Gasteiger partial charge in [0.1, 0.15) is 34.8 Å². The molecule has 130 valence electrons. The molecule has 0 radical (unpaired) electrons. The molecule has 0 amide bonds. The lowest BCUT2D eigenvalue weighted by molar-refractivity contribution is 0.352. The standard InChI is InChI=1S/C22H18O4/c23-18-11-17(25-14-15-7-3-1-4-8-15)12-21-22(18)19(24)13-20(26-21)16-9-5-2-6-10-16/h2-3,5-13,23H,1,4,14H2. The fraction of sp³-hybridized carbons (Fsp3) is 0.136. The first-order chi connectivity index (χ1) is 12.7. The highest BCUT2D eigenvalue weighted by molar-refractivity contribution is 5.86. The lowest BCUT2D eigenvalue weighted by atomic mass is 10.1. The molecule has 2 aromatic carbocycles. The van der Waals surface area contributed by atoms with Gasteiger partial charge in [0.25, 0.3) is 0 Å². The number of ether oxygens (including phenoxy) is 1. The number of rotatable bonds is 4. The fourth-order valence-corrected chi connectivity index (χ4v) is 3.01. The van der Waals surface area contributed by atoms with Crippen LogP contribution in [0.2, 0.25) is 0 Å². The van der Waals surface area contributed by atoms with Crippen LogP contribution in [-0.4, -0.2) is 11.7 Å². The van der Waals surface area contributed by atoms with Crippen molar-refractivity contribution in [3.05, 3.63) is 82.6 Å². The lowest BCUT2D eigenvalue weighted by Gasteiger charge is -2.11. The summed E-state index contributed by atoms with van der Waals surface area (Å²) in [6.07, 6.45) is 8.34. The molecule has 1 aromatic heterocycles. The largest absolute Gasteiger partial charge is 0.507 e. The number of phenolic OH excluding ortho intramolecular Hbond substituents is 1. The second-order valence-electron chi connectivity index (χ2n) is 6.20. The molecule has 4 nitrogen and oxygen atoms in total. The highest BCUT2D eigenvalue weighted by Crippen LogP contribution is 2.31. The molecule has 0 saturated carbocycles. The fourth-order valence-electron chi connectivity index (χ4n) is 3.01. The molecule has 0 aliphatic heterocycles. The minimum atomic E-state index is -0.285. The molecule has 1 N–H and O–H groups in total. The van der Waals surface area contributed by atoms with E-state index in [0.717, 1.165) is 24.0 Å². The molecular formula is C22H18O4. The van der Waals surface area contributed by atoms with Gasteiger partial charge < -0.3 is 14.3 Å². The Labute approximate surface area is 150 Å². The number of benzene rings is 2. The van der Waals surface area contributed by atoms with Gasteiger partial charge in [-0.15, -0.1) is 0 Å². The van der Waals surface area contributed by atoms with Gasteiger partial charge in [0.2, 0.25) is 0 Å². The van der Waals surface area contributed by atoms with E-state index in [1.165, 1.54) is 12.1 Å². The Morgan fingerprint density at radius 1 is 1.08 bits per heavy atom. The summed E-state index contributed by atoms with van der Waals surface area (Å²) in [7, 11) is 0. The van der Waals surface area contributed by atoms with Crippen LogP contribution < -0.4 is 10.2 Å². The third-order valence-electron chi connectivity index (χ3n) is 4.32. The molecular weight excluding hydrogens is 328 g/mol. The van der Waals surface area contributed by atoms with E-state index >= 15 is 0 Å². The van der Waals surface area contributed by atoms with Crippen molar-refractivity contribution in [1.82, 2.24) is 0 Å². The van der Waals surface area contributed by atoms with Crippen molar-refractivity contribution in [1.29, 1.82) is 0 Å². The molecule has 1 aliphatic carbocycles. The summed E-state index contributed by atoms with van der Waals surface area (Å²) in [5.41, 5.74) is 1.91. The van der Waals surface area contributed by atoms with Crippen LogP contribution in [0.3, 0.4) is 0 Å². The van der Waals surface area contributed by atoms with Gasteiger partial charge >= 0.3 is 0 Å². The van der Waals surface area contributed by atoms with Crippen molar-refractivity contribution in [3.8, 4) is 22.8 Å². The van der Waals surface area contributed by atoms with Crippen molar-refractivity contribution in [2.24, 2.45) is 0 Å². The zero-order valence-corrected chi connectivity index (χ0v) is 14.1. The van der Waals surface area contributed by atoms with Crippen molar-refractivity contribution in [2.45, 2.75) is 12.8 Å². The molecule has 1 aliphatic rings. The van der Waals surface area contributed by atoms with Crippen molar-refractivity contribution < 1.29 is 14.3 Å². The van der Waals surface area contributed by atoms with Gasteiger partial charge in [-0.25, -0.2) is 0 Å². The Balaban J connectivity index is 1.71. The van der Waals surface area contributed by atoms with Gasteiger partial charge in [-0.1, -0.05) is 48.6 Å². The first-order valence-electron chi connectivity index (χ1n) is 8.55. The van der Waals surface area contributed by atoms with Crippen LogP contribution in [0.25, 0.3) is 22.3 Å². The molecule has 4 rings (SSSR count). The summed E-state index contributed by atoms with van der Waals surface area (Å²) in [5.74, 6) is 0.778. The van der Waals surface area contributed by atoms with Gasteiger partial charge in [-0.3, -0.25) is 4.79 Å². The van der Waals surface area contributed by atoms with Crippen LogP contribution in [0.15, 0.2) is 81.5 Å². The Hall–Kier alpha value is -3.27. The van der Waals surface area contributed by atoms with Crippen LogP contribution in [-0.2, 0) is 0 Å². The summed E-state index contributed by atoms with van der Waals surface area (Å²) >= 11 is 0. The number of hydrogen-bond donors (Lipinski definition) is 1. The van der Waals surface area contributed by atoms with Gasteiger partial charge in [0.05, 0.1) is 0 Å². The minimum Gasteiger partial charge on any atom is -0.507 e. The average molecular weight is 346 g/mol. The second kappa shape index (κ2) is 6.92. The molecule has 1 heterocycles. The smallest absolute Gasteiger partial charge is 0.197 e. The molecule has 0 bridgehead atoms. The summed E-state index contributed by atoms with van der Waals surface area (Å²) < 4.78 is 11.7. The van der Waals surface area contributed by atoms with Crippen LogP contribution >= 0.6 is 0 Å². The molecule has 0 saturated heterocycles. The van der Waals surface area contributed by atoms with E-state index in [9.17, 15) is 9.90 Å². The van der Waals surface area contributed by atoms with E-state index in [1.807, 2.05) is 36.4 Å². The minimum absolute atomic E-state index is 0.140. The molecule has 0 fully saturated rings. The predicted molar refractivity (Wildman–Crippen MR) is 102 cm³/mol. The van der Waals surface area contributed by atoms with E-state index in [0.29, 0.717) is 23.7 Å². The van der Waals surface area contributed by atoms with E-state index in [1.54, 1.807) is 6.07 Å². The number of allylic oxidation sites excluding steroid dienone is 2. The lowest BCUT2D eigenvalue weighted by Crippen LogP contribution is -2.03. The monoisotopic (exact) mass is 346 g/mol. The van der Waals surface area contributed by atoms with Crippen LogP contribution in [0.4, 0.5) is 0 Å². The Morgan fingerprint density at radius 2 is 1.92 bits per heavy atom. The average Bonchev–Trinajstić information content (AvgIpc) is 2.67. The molecule has 3 aromatic rings. The van der Waals surface area contributed by atoms with E-state index in [-0.39, 0.29) is 16.6 Å². The second-order valence-corrected chi connectivity index (χ2v) is 6.20. The van der Waals surface area contributed by atoms with Crippen LogP contribution in [0, 0.1) is 0 Å². The molecule has 26 heavy (non-hydrogen) atoms. The Kier molecular flexibility index (Phi) is 4.32. The van der Waals surface area contributed by atoms with Crippen LogP contribution in [0.1, 0.15) is 12.8 Å². The van der Waals surface area contributed by atoms with Gasteiger partial charge in [0, 0.05) is 23.8 Å². The summed E-state index contributed by atoms with van der Waals surface area (Å²) in [6.45, 7) is 0.407. The first-order valence-corrected chi connectivity index (χ1v) is 8.55. The zero-order chi connectivity index (χ0) is 17.9. The maximum absolute atomic E-state index is 12.4. The number of phenols is 1. The molecule has 4 heteroatoms. The van der Waals surface area contributed by atoms with Crippen molar-refractivity contribution in [2.75, 3.05) is 6.61 Å². The predicted octanol–water partition coefficient (Wildman–Crippen LogP) is 4.82.